The summed E-state index contributed by atoms with van der Waals surface area (Å²) in [5.74, 6) is 4.18. The number of carbonyl (C=O) groups is 1. The minimum absolute atomic E-state index is 0.0829. The lowest BCUT2D eigenvalue weighted by Gasteiger charge is -2.51. The molecule has 0 spiro atoms. The number of rotatable bonds is 3. The second kappa shape index (κ2) is 7.92. The molecule has 1 aromatic heterocycles. The van der Waals surface area contributed by atoms with Crippen LogP contribution in [0.2, 0.25) is 10.0 Å². The molecule has 31 heavy (non-hydrogen) atoms. The first-order chi connectivity index (χ1) is 14.8. The summed E-state index contributed by atoms with van der Waals surface area (Å²) in [5.41, 5.74) is -0.396. The molecule has 158 valence electrons. The summed E-state index contributed by atoms with van der Waals surface area (Å²) >= 11 is 12.6. The van der Waals surface area contributed by atoms with Crippen LogP contribution in [-0.4, -0.2) is 28.5 Å². The molecule has 0 unspecified atom stereocenters. The molecule has 5 nitrogen and oxygen atoms in total. The Bertz CT molecular complexity index is 1330. The molecule has 1 fully saturated rings. The van der Waals surface area contributed by atoms with Crippen LogP contribution in [0.1, 0.15) is 12.5 Å². The van der Waals surface area contributed by atoms with Crippen molar-refractivity contribution >= 4 is 45.6 Å². The van der Waals surface area contributed by atoms with Gasteiger partial charge in [0.1, 0.15) is 11.4 Å². The van der Waals surface area contributed by atoms with Gasteiger partial charge in [0.2, 0.25) is 0 Å². The quantitative estimate of drug-likeness (QED) is 0.474. The van der Waals surface area contributed by atoms with Crippen LogP contribution in [0.5, 0.6) is 0 Å². The van der Waals surface area contributed by atoms with E-state index in [4.69, 9.17) is 23.2 Å². The highest BCUT2D eigenvalue weighted by Crippen LogP contribution is 2.43. The molecule has 0 atom stereocenters. The Labute approximate surface area is 188 Å². The minimum Gasteiger partial charge on any atom is -0.372 e. The van der Waals surface area contributed by atoms with Gasteiger partial charge in [0.25, 0.3) is 11.5 Å². The zero-order valence-electron chi connectivity index (χ0n) is 16.8. The predicted molar refractivity (Wildman–Crippen MR) is 121 cm³/mol. The van der Waals surface area contributed by atoms with E-state index in [1.165, 1.54) is 21.6 Å². The van der Waals surface area contributed by atoms with Gasteiger partial charge in [-0.05, 0) is 48.6 Å². The Balaban J connectivity index is 1.80. The van der Waals surface area contributed by atoms with Crippen molar-refractivity contribution < 1.29 is 9.18 Å². The van der Waals surface area contributed by atoms with Gasteiger partial charge < -0.3 is 14.8 Å². The SMILES string of the molecule is CC#CC(=O)N1CC(Nc2ccc3ccn(C)c(=O)c3c2)(c2c(F)ccc(Cl)c2Cl)C1. The highest BCUT2D eigenvalue weighted by atomic mass is 35.5. The molecule has 8 heteroatoms. The lowest BCUT2D eigenvalue weighted by atomic mass is 9.81. The molecule has 0 radical (unpaired) electrons. The third-order valence-corrected chi connectivity index (χ3v) is 6.23. The molecule has 1 N–H and O–H groups in total. The number of nitrogens with one attached hydrogen (secondary N) is 1. The lowest BCUT2D eigenvalue weighted by molar-refractivity contribution is -0.131. The van der Waals surface area contributed by atoms with Crippen LogP contribution in [0, 0.1) is 17.7 Å². The van der Waals surface area contributed by atoms with E-state index >= 15 is 0 Å². The van der Waals surface area contributed by atoms with E-state index in [1.54, 1.807) is 32.3 Å². The number of anilines is 1. The van der Waals surface area contributed by atoms with E-state index in [9.17, 15) is 14.0 Å². The standard InChI is InChI=1S/C23H18Cl2FN3O2/c1-3-4-19(30)29-12-23(13-29,20-18(26)8-7-17(24)21(20)25)27-15-6-5-14-9-10-28(2)22(31)16(14)11-15/h5-11,27H,12-13H2,1-2H3. The number of aromatic nitrogens is 1. The van der Waals surface area contributed by atoms with E-state index < -0.39 is 11.4 Å². The summed E-state index contributed by atoms with van der Waals surface area (Å²) < 4.78 is 16.4. The Kier molecular flexibility index (Phi) is 5.42. The number of carbonyl (C=O) groups excluding carboxylic acids is 1. The highest BCUT2D eigenvalue weighted by Gasteiger charge is 2.49. The summed E-state index contributed by atoms with van der Waals surface area (Å²) in [6.45, 7) is 1.86. The van der Waals surface area contributed by atoms with Gasteiger partial charge in [-0.15, -0.1) is 0 Å². The van der Waals surface area contributed by atoms with Crippen molar-refractivity contribution in [1.29, 1.82) is 0 Å². The highest BCUT2D eigenvalue weighted by molar-refractivity contribution is 6.42. The smallest absolute Gasteiger partial charge is 0.298 e. The van der Waals surface area contributed by atoms with Crippen LogP contribution in [0.4, 0.5) is 10.1 Å². The first-order valence-corrected chi connectivity index (χ1v) is 10.2. The third kappa shape index (κ3) is 3.65. The van der Waals surface area contributed by atoms with Gasteiger partial charge in [0.15, 0.2) is 0 Å². The Morgan fingerprint density at radius 1 is 1.19 bits per heavy atom. The van der Waals surface area contributed by atoms with Crippen LogP contribution in [-0.2, 0) is 17.4 Å². The number of pyridine rings is 1. The van der Waals surface area contributed by atoms with Crippen LogP contribution in [0.25, 0.3) is 10.8 Å². The summed E-state index contributed by atoms with van der Waals surface area (Å²) in [6, 6.07) is 9.81. The third-order valence-electron chi connectivity index (χ3n) is 5.43. The van der Waals surface area contributed by atoms with Crippen molar-refractivity contribution in [2.24, 2.45) is 7.05 Å². The zero-order valence-corrected chi connectivity index (χ0v) is 18.3. The summed E-state index contributed by atoms with van der Waals surface area (Å²) in [5, 5.41) is 4.92. The van der Waals surface area contributed by atoms with E-state index in [0.29, 0.717) is 11.1 Å². The largest absolute Gasteiger partial charge is 0.372 e. The maximum atomic E-state index is 14.9. The number of nitrogens with zero attached hydrogens (tertiary/aromatic N) is 2. The molecule has 2 aromatic carbocycles. The molecule has 3 aromatic rings. The number of halogens is 3. The molecule has 0 saturated carbocycles. The van der Waals surface area contributed by atoms with E-state index in [0.717, 1.165) is 5.39 Å². The molecule has 2 heterocycles. The molecule has 1 aliphatic heterocycles. The predicted octanol–water partition coefficient (Wildman–Crippen LogP) is 4.16. The monoisotopic (exact) mass is 457 g/mol. The number of fused-ring (bicyclic) bond motifs is 1. The number of benzene rings is 2. The molecule has 0 aliphatic carbocycles. The minimum atomic E-state index is -1.02. The normalized spacial score (nSPS) is 14.5. The average molecular weight is 458 g/mol. The first kappa shape index (κ1) is 21.2. The molecule has 1 aliphatic rings. The fraction of sp³-hybridized carbons (Fsp3) is 0.217. The summed E-state index contributed by atoms with van der Waals surface area (Å²) in [6.07, 6.45) is 1.70. The second-order valence-electron chi connectivity index (χ2n) is 7.50. The number of hydrogen-bond donors (Lipinski definition) is 1. The molecule has 4 rings (SSSR count). The van der Waals surface area contributed by atoms with E-state index in [2.05, 4.69) is 17.2 Å². The number of likely N-dealkylation sites (tertiary alicyclic amines) is 1. The Hall–Kier alpha value is -3.01. The Morgan fingerprint density at radius 3 is 2.65 bits per heavy atom. The topological polar surface area (TPSA) is 54.3 Å². The van der Waals surface area contributed by atoms with Gasteiger partial charge >= 0.3 is 0 Å². The molecular weight excluding hydrogens is 440 g/mol. The van der Waals surface area contributed by atoms with Crippen molar-refractivity contribution in [2.75, 3.05) is 18.4 Å². The number of hydrogen-bond acceptors (Lipinski definition) is 3. The average Bonchev–Trinajstić information content (AvgIpc) is 2.71. The van der Waals surface area contributed by atoms with Gasteiger partial charge in [-0.25, -0.2) is 4.39 Å². The lowest BCUT2D eigenvalue weighted by Crippen LogP contribution is -2.65. The van der Waals surface area contributed by atoms with Crippen LogP contribution in [0.15, 0.2) is 47.4 Å². The van der Waals surface area contributed by atoms with Crippen LogP contribution < -0.4 is 10.9 Å². The van der Waals surface area contributed by atoms with Crippen molar-refractivity contribution in [3.05, 3.63) is 74.4 Å². The maximum Gasteiger partial charge on any atom is 0.298 e. The van der Waals surface area contributed by atoms with Gasteiger partial charge in [-0.2, -0.15) is 0 Å². The maximum absolute atomic E-state index is 14.9. The first-order valence-electron chi connectivity index (χ1n) is 9.49. The Morgan fingerprint density at radius 2 is 1.94 bits per heavy atom. The molecule has 1 amide bonds. The summed E-state index contributed by atoms with van der Waals surface area (Å²) in [4.78, 5) is 26.3. The number of aryl methyl sites for hydroxylation is 1. The fourth-order valence-corrected chi connectivity index (χ4v) is 4.38. The van der Waals surface area contributed by atoms with E-state index in [1.807, 2.05) is 12.1 Å². The van der Waals surface area contributed by atoms with Crippen molar-refractivity contribution in [1.82, 2.24) is 9.47 Å². The molecular formula is C23H18Cl2FN3O2. The van der Waals surface area contributed by atoms with Gasteiger partial charge in [-0.1, -0.05) is 35.2 Å². The molecule has 0 bridgehead atoms. The summed E-state index contributed by atoms with van der Waals surface area (Å²) in [7, 11) is 1.68. The molecule has 1 saturated heterocycles. The second-order valence-corrected chi connectivity index (χ2v) is 8.28. The van der Waals surface area contributed by atoms with Crippen LogP contribution >= 0.6 is 23.2 Å². The van der Waals surface area contributed by atoms with Gasteiger partial charge in [-0.3, -0.25) is 9.59 Å². The van der Waals surface area contributed by atoms with Gasteiger partial charge in [0.05, 0.1) is 23.1 Å². The number of amides is 1. The van der Waals surface area contributed by atoms with Crippen molar-refractivity contribution in [3.63, 3.8) is 0 Å². The van der Waals surface area contributed by atoms with Gasteiger partial charge in [0, 0.05) is 29.9 Å². The van der Waals surface area contributed by atoms with Crippen molar-refractivity contribution in [2.45, 2.75) is 12.5 Å². The fourth-order valence-electron chi connectivity index (χ4n) is 3.89. The van der Waals surface area contributed by atoms with Crippen LogP contribution in [0.3, 0.4) is 0 Å². The van der Waals surface area contributed by atoms with E-state index in [-0.39, 0.29) is 40.2 Å². The zero-order chi connectivity index (χ0) is 22.3. The van der Waals surface area contributed by atoms with Crippen molar-refractivity contribution in [3.8, 4) is 11.8 Å².